The maximum atomic E-state index is 13.1. The summed E-state index contributed by atoms with van der Waals surface area (Å²) in [4.78, 5) is 27.6. The van der Waals surface area contributed by atoms with Gasteiger partial charge in [-0.2, -0.15) is 0 Å². The van der Waals surface area contributed by atoms with Crippen molar-refractivity contribution in [1.29, 1.82) is 0 Å². The highest BCUT2D eigenvalue weighted by molar-refractivity contribution is 6.23. The van der Waals surface area contributed by atoms with Gasteiger partial charge in [-0.25, -0.2) is 4.90 Å². The minimum atomic E-state index is -0.203. The third kappa shape index (κ3) is 1.46. The van der Waals surface area contributed by atoms with Crippen LogP contribution in [-0.4, -0.2) is 26.0 Å². The van der Waals surface area contributed by atoms with Crippen molar-refractivity contribution in [3.63, 3.8) is 0 Å². The lowest BCUT2D eigenvalue weighted by molar-refractivity contribution is -0.123. The number of rotatable bonds is 3. The van der Waals surface area contributed by atoms with Crippen LogP contribution in [0.15, 0.2) is 30.4 Å². The van der Waals surface area contributed by atoms with Crippen LogP contribution in [0, 0.1) is 29.1 Å². The number of fused-ring (bicyclic) bond motifs is 3. The molecule has 3 aliphatic carbocycles. The van der Waals surface area contributed by atoms with Crippen molar-refractivity contribution in [2.45, 2.75) is 12.8 Å². The van der Waals surface area contributed by atoms with E-state index >= 15 is 0 Å². The Labute approximate surface area is 140 Å². The zero-order chi connectivity index (χ0) is 16.6. The maximum absolute atomic E-state index is 13.1. The first-order valence-electron chi connectivity index (χ1n) is 8.40. The van der Waals surface area contributed by atoms with Crippen molar-refractivity contribution >= 4 is 17.5 Å². The van der Waals surface area contributed by atoms with E-state index in [1.165, 1.54) is 4.90 Å². The summed E-state index contributed by atoms with van der Waals surface area (Å²) in [5.41, 5.74) is 0.705. The topological polar surface area (TPSA) is 55.8 Å². The fraction of sp³-hybridized carbons (Fsp3) is 0.474. The molecule has 3 unspecified atom stereocenters. The normalized spacial score (nSPS) is 34.2. The predicted octanol–water partition coefficient (Wildman–Crippen LogP) is 2.41. The Hall–Kier alpha value is -2.30. The van der Waals surface area contributed by atoms with Gasteiger partial charge in [0.1, 0.15) is 11.5 Å². The van der Waals surface area contributed by atoms with Crippen LogP contribution in [0.25, 0.3) is 0 Å². The number of hydrogen-bond acceptors (Lipinski definition) is 4. The van der Waals surface area contributed by atoms with E-state index in [2.05, 4.69) is 12.2 Å². The van der Waals surface area contributed by atoms with Crippen molar-refractivity contribution in [3.8, 4) is 11.5 Å². The first-order valence-corrected chi connectivity index (χ1v) is 8.40. The summed E-state index contributed by atoms with van der Waals surface area (Å²) in [7, 11) is 3.11. The highest BCUT2D eigenvalue weighted by Crippen LogP contribution is 2.73. The van der Waals surface area contributed by atoms with Gasteiger partial charge in [0.15, 0.2) is 0 Å². The molecule has 0 aromatic heterocycles. The second-order valence-electron chi connectivity index (χ2n) is 7.27. The molecule has 5 rings (SSSR count). The van der Waals surface area contributed by atoms with Gasteiger partial charge >= 0.3 is 0 Å². The molecule has 1 heterocycles. The van der Waals surface area contributed by atoms with Crippen LogP contribution in [-0.2, 0) is 9.59 Å². The van der Waals surface area contributed by atoms with E-state index in [1.807, 2.05) is 0 Å². The molecule has 0 N–H and O–H groups in total. The van der Waals surface area contributed by atoms with Gasteiger partial charge in [0.25, 0.3) is 0 Å². The van der Waals surface area contributed by atoms with E-state index < -0.39 is 0 Å². The zero-order valence-corrected chi connectivity index (χ0v) is 13.7. The number of hydrogen-bond donors (Lipinski definition) is 0. The number of allylic oxidation sites excluding steroid dienone is 2. The molecule has 4 atom stereocenters. The number of methoxy groups -OCH3 is 2. The Morgan fingerprint density at radius 1 is 1.00 bits per heavy atom. The lowest BCUT2D eigenvalue weighted by Crippen LogP contribution is -2.35. The number of carbonyl (C=O) groups excluding carboxylic acids is 2. The van der Waals surface area contributed by atoms with Gasteiger partial charge in [-0.15, -0.1) is 0 Å². The smallest absolute Gasteiger partial charge is 0.238 e. The summed E-state index contributed by atoms with van der Waals surface area (Å²) in [6, 6.07) is 5.20. The second kappa shape index (κ2) is 4.41. The molecule has 2 saturated carbocycles. The van der Waals surface area contributed by atoms with Crippen LogP contribution in [0.4, 0.5) is 5.69 Å². The molecule has 4 aliphatic rings. The Balaban J connectivity index is 1.59. The lowest BCUT2D eigenvalue weighted by Gasteiger charge is -2.23. The quantitative estimate of drug-likeness (QED) is 0.632. The van der Waals surface area contributed by atoms with Crippen LogP contribution in [0.3, 0.4) is 0 Å². The Morgan fingerprint density at radius 3 is 2.12 bits per heavy atom. The molecule has 5 heteroatoms. The minimum absolute atomic E-state index is 0.0836. The summed E-state index contributed by atoms with van der Waals surface area (Å²) in [6.07, 6.45) is 6.64. The average Bonchev–Trinajstić information content (AvgIpc) is 3.19. The third-order valence-electron chi connectivity index (χ3n) is 6.48. The van der Waals surface area contributed by atoms with Crippen LogP contribution < -0.4 is 14.4 Å². The monoisotopic (exact) mass is 325 g/mol. The SMILES string of the molecule is COc1ccc(OC)c(N2C(=O)C3C4C=CC([C@H]3C2=O)C42CC2)c1. The highest BCUT2D eigenvalue weighted by atomic mass is 16.5. The van der Waals surface area contributed by atoms with Crippen LogP contribution >= 0.6 is 0 Å². The van der Waals surface area contributed by atoms with Gasteiger partial charge in [-0.1, -0.05) is 12.2 Å². The number of amides is 2. The van der Waals surface area contributed by atoms with E-state index in [9.17, 15) is 9.59 Å². The minimum Gasteiger partial charge on any atom is -0.497 e. The van der Waals surface area contributed by atoms with Crippen molar-refractivity contribution < 1.29 is 19.1 Å². The van der Waals surface area contributed by atoms with Gasteiger partial charge in [0.2, 0.25) is 11.8 Å². The first-order chi connectivity index (χ1) is 11.6. The van der Waals surface area contributed by atoms with Gasteiger partial charge in [0.05, 0.1) is 31.7 Å². The van der Waals surface area contributed by atoms with Crippen molar-refractivity contribution in [2.24, 2.45) is 29.1 Å². The van der Waals surface area contributed by atoms with Gasteiger partial charge in [-0.3, -0.25) is 9.59 Å². The zero-order valence-electron chi connectivity index (χ0n) is 13.7. The lowest BCUT2D eigenvalue weighted by atomic mass is 9.85. The molecule has 124 valence electrons. The Kier molecular flexibility index (Phi) is 2.58. The van der Waals surface area contributed by atoms with Crippen LogP contribution in [0.1, 0.15) is 12.8 Å². The molecule has 1 aromatic rings. The molecular formula is C19H19NO4. The number of imide groups is 1. The van der Waals surface area contributed by atoms with Crippen LogP contribution in [0.5, 0.6) is 11.5 Å². The van der Waals surface area contributed by atoms with Gasteiger partial charge < -0.3 is 9.47 Å². The largest absolute Gasteiger partial charge is 0.497 e. The maximum Gasteiger partial charge on any atom is 0.238 e. The molecule has 1 spiro atoms. The number of benzene rings is 1. The first kappa shape index (κ1) is 14.1. The Bertz CT molecular complexity index is 761. The summed E-state index contributed by atoms with van der Waals surface area (Å²) < 4.78 is 10.6. The summed E-state index contributed by atoms with van der Waals surface area (Å²) in [5, 5.41) is 0. The predicted molar refractivity (Wildman–Crippen MR) is 86.8 cm³/mol. The summed E-state index contributed by atoms with van der Waals surface area (Å²) >= 11 is 0. The van der Waals surface area contributed by atoms with Gasteiger partial charge in [-0.05, 0) is 42.2 Å². The molecule has 2 bridgehead atoms. The molecular weight excluding hydrogens is 306 g/mol. The average molecular weight is 325 g/mol. The van der Waals surface area contributed by atoms with E-state index in [1.54, 1.807) is 32.4 Å². The number of carbonyl (C=O) groups is 2. The second-order valence-corrected chi connectivity index (χ2v) is 7.27. The number of anilines is 1. The van der Waals surface area contributed by atoms with E-state index in [0.29, 0.717) is 17.2 Å². The number of nitrogens with zero attached hydrogens (tertiary/aromatic N) is 1. The van der Waals surface area contributed by atoms with E-state index in [0.717, 1.165) is 12.8 Å². The molecule has 3 fully saturated rings. The van der Waals surface area contributed by atoms with E-state index in [4.69, 9.17) is 9.47 Å². The third-order valence-corrected chi connectivity index (χ3v) is 6.48. The molecule has 24 heavy (non-hydrogen) atoms. The van der Waals surface area contributed by atoms with Gasteiger partial charge in [0, 0.05) is 6.07 Å². The van der Waals surface area contributed by atoms with E-state index in [-0.39, 0.29) is 40.9 Å². The summed E-state index contributed by atoms with van der Waals surface area (Å²) in [5.74, 6) is 0.995. The summed E-state index contributed by atoms with van der Waals surface area (Å²) in [6.45, 7) is 0. The van der Waals surface area contributed by atoms with Crippen molar-refractivity contribution in [3.05, 3.63) is 30.4 Å². The highest BCUT2D eigenvalue weighted by Gasteiger charge is 2.73. The van der Waals surface area contributed by atoms with Crippen molar-refractivity contribution in [1.82, 2.24) is 0 Å². The van der Waals surface area contributed by atoms with Crippen LogP contribution in [0.2, 0.25) is 0 Å². The fourth-order valence-electron chi connectivity index (χ4n) is 5.29. The molecule has 0 radical (unpaired) electrons. The number of ether oxygens (including phenoxy) is 2. The molecule has 2 amide bonds. The Morgan fingerprint density at radius 2 is 1.62 bits per heavy atom. The molecule has 5 nitrogen and oxygen atoms in total. The molecule has 1 saturated heterocycles. The molecule has 1 aliphatic heterocycles. The van der Waals surface area contributed by atoms with Crippen molar-refractivity contribution in [2.75, 3.05) is 19.1 Å². The standard InChI is InChI=1S/C19H19NO4/c1-23-10-3-6-14(24-2)13(9-10)20-17(21)15-11-4-5-12(16(15)18(20)22)19(11)7-8-19/h3-6,9,11-12,15-16H,7-8H2,1-2H3/t11?,12?,15-,16?/m1/s1. The fourth-order valence-corrected chi connectivity index (χ4v) is 5.29. The molecule has 1 aromatic carbocycles.